The van der Waals surface area contributed by atoms with Gasteiger partial charge in [0.25, 0.3) is 0 Å². The fourth-order valence-corrected chi connectivity index (χ4v) is 0.778. The fraction of sp³-hybridized carbons (Fsp3) is 1.00. The summed E-state index contributed by atoms with van der Waals surface area (Å²) in [6.07, 6.45) is -0.597. The van der Waals surface area contributed by atoms with Gasteiger partial charge in [-0.2, -0.15) is 0 Å². The lowest BCUT2D eigenvalue weighted by atomic mass is 10.1. The van der Waals surface area contributed by atoms with E-state index in [4.69, 9.17) is 0 Å². The van der Waals surface area contributed by atoms with Gasteiger partial charge in [0.1, 0.15) is 6.17 Å². The van der Waals surface area contributed by atoms with Gasteiger partial charge in [-0.15, -0.1) is 0 Å². The van der Waals surface area contributed by atoms with Crippen LogP contribution in [0.2, 0.25) is 0 Å². The van der Waals surface area contributed by atoms with E-state index in [-0.39, 0.29) is 5.92 Å². The molecule has 2 atom stereocenters. The second-order valence-electron chi connectivity index (χ2n) is 2.15. The maximum absolute atomic E-state index is 12.3. The molecule has 1 rings (SSSR count). The van der Waals surface area contributed by atoms with Crippen molar-refractivity contribution in [1.82, 2.24) is 5.32 Å². The average molecular weight is 103 g/mol. The van der Waals surface area contributed by atoms with E-state index in [9.17, 15) is 4.39 Å². The molecule has 0 saturated carbocycles. The van der Waals surface area contributed by atoms with Gasteiger partial charge < -0.3 is 5.32 Å². The third-order valence-corrected chi connectivity index (χ3v) is 1.42. The Hall–Kier alpha value is -0.110. The molecule has 0 amide bonds. The summed E-state index contributed by atoms with van der Waals surface area (Å²) in [5, 5.41) is 2.95. The molecule has 1 N–H and O–H groups in total. The Morgan fingerprint density at radius 1 is 1.57 bits per heavy atom. The zero-order valence-corrected chi connectivity index (χ0v) is 4.45. The molecule has 1 nitrogen and oxygen atoms in total. The number of hydrogen-bond donors (Lipinski definition) is 1. The molecule has 0 aliphatic carbocycles. The standard InChI is InChI=1S/C5H10FN/c1-4-2-7-3-5(4)6/h4-5,7H,2-3H2,1H3/t4-,5?/m0/s1. The molecule has 1 aliphatic rings. The summed E-state index contributed by atoms with van der Waals surface area (Å²) in [7, 11) is 0. The Bertz CT molecular complexity index is 57.1. The normalized spacial score (nSPS) is 42.0. The van der Waals surface area contributed by atoms with E-state index < -0.39 is 6.17 Å². The molecule has 0 spiro atoms. The van der Waals surface area contributed by atoms with Crippen LogP contribution < -0.4 is 5.32 Å². The van der Waals surface area contributed by atoms with Gasteiger partial charge >= 0.3 is 0 Å². The van der Waals surface area contributed by atoms with Crippen molar-refractivity contribution in [2.24, 2.45) is 5.92 Å². The molecule has 1 unspecified atom stereocenters. The van der Waals surface area contributed by atoms with Crippen LogP contribution in [0.3, 0.4) is 0 Å². The Morgan fingerprint density at radius 2 is 2.29 bits per heavy atom. The van der Waals surface area contributed by atoms with Crippen LogP contribution in [0.25, 0.3) is 0 Å². The summed E-state index contributed by atoms with van der Waals surface area (Å²) >= 11 is 0. The molecule has 1 aliphatic heterocycles. The minimum Gasteiger partial charge on any atom is -0.313 e. The van der Waals surface area contributed by atoms with Gasteiger partial charge in [-0.05, 0) is 0 Å². The molecule has 0 aromatic carbocycles. The molecule has 1 saturated heterocycles. The van der Waals surface area contributed by atoms with Crippen molar-refractivity contribution in [3.8, 4) is 0 Å². The van der Waals surface area contributed by atoms with E-state index >= 15 is 0 Å². The van der Waals surface area contributed by atoms with Gasteiger partial charge in [0.15, 0.2) is 0 Å². The van der Waals surface area contributed by atoms with Crippen molar-refractivity contribution in [3.05, 3.63) is 0 Å². The van der Waals surface area contributed by atoms with Gasteiger partial charge in [-0.1, -0.05) is 6.92 Å². The van der Waals surface area contributed by atoms with Crippen molar-refractivity contribution in [3.63, 3.8) is 0 Å². The maximum atomic E-state index is 12.3. The van der Waals surface area contributed by atoms with Crippen LogP contribution >= 0.6 is 0 Å². The number of rotatable bonds is 0. The molecule has 0 radical (unpaired) electrons. The lowest BCUT2D eigenvalue weighted by molar-refractivity contribution is 0.298. The van der Waals surface area contributed by atoms with Gasteiger partial charge in [0.05, 0.1) is 0 Å². The van der Waals surface area contributed by atoms with Crippen LogP contribution in [-0.2, 0) is 0 Å². The first-order valence-corrected chi connectivity index (χ1v) is 2.65. The van der Waals surface area contributed by atoms with Crippen molar-refractivity contribution in [1.29, 1.82) is 0 Å². The molecule has 2 heteroatoms. The lowest BCUT2D eigenvalue weighted by Gasteiger charge is -1.99. The average Bonchev–Trinajstić information content (AvgIpc) is 1.91. The smallest absolute Gasteiger partial charge is 0.116 e. The van der Waals surface area contributed by atoms with E-state index in [1.807, 2.05) is 6.92 Å². The molecule has 1 heterocycles. The summed E-state index contributed by atoms with van der Waals surface area (Å²) in [5.74, 6) is 0.236. The summed E-state index contributed by atoms with van der Waals surface area (Å²) in [5.41, 5.74) is 0. The highest BCUT2D eigenvalue weighted by Crippen LogP contribution is 2.09. The first-order valence-electron chi connectivity index (χ1n) is 2.65. The SMILES string of the molecule is C[C@H]1CNCC1F. The fourth-order valence-electron chi connectivity index (χ4n) is 0.778. The highest BCUT2D eigenvalue weighted by molar-refractivity contribution is 4.76. The van der Waals surface area contributed by atoms with E-state index in [0.717, 1.165) is 6.54 Å². The highest BCUT2D eigenvalue weighted by Gasteiger charge is 2.21. The van der Waals surface area contributed by atoms with E-state index in [1.165, 1.54) is 0 Å². The summed E-state index contributed by atoms with van der Waals surface area (Å²) in [6.45, 7) is 3.33. The molecular formula is C5H10FN. The van der Waals surface area contributed by atoms with Crippen LogP contribution in [-0.4, -0.2) is 19.3 Å². The molecule has 0 aromatic heterocycles. The molecule has 0 aromatic rings. The quantitative estimate of drug-likeness (QED) is 0.472. The lowest BCUT2D eigenvalue weighted by Crippen LogP contribution is -2.08. The van der Waals surface area contributed by atoms with Gasteiger partial charge in [0.2, 0.25) is 0 Å². The van der Waals surface area contributed by atoms with Gasteiger partial charge in [0, 0.05) is 19.0 Å². The minimum atomic E-state index is -0.597. The van der Waals surface area contributed by atoms with E-state index in [0.29, 0.717) is 6.54 Å². The second-order valence-corrected chi connectivity index (χ2v) is 2.15. The Kier molecular flexibility index (Phi) is 1.28. The number of alkyl halides is 1. The summed E-state index contributed by atoms with van der Waals surface area (Å²) in [4.78, 5) is 0. The Labute approximate surface area is 42.9 Å². The topological polar surface area (TPSA) is 12.0 Å². The number of halogens is 1. The zero-order valence-electron chi connectivity index (χ0n) is 4.45. The first-order chi connectivity index (χ1) is 3.30. The van der Waals surface area contributed by atoms with E-state index in [1.54, 1.807) is 0 Å². The maximum Gasteiger partial charge on any atom is 0.116 e. The number of nitrogens with one attached hydrogen (secondary N) is 1. The van der Waals surface area contributed by atoms with Crippen molar-refractivity contribution in [2.45, 2.75) is 13.1 Å². The predicted molar refractivity (Wildman–Crippen MR) is 26.9 cm³/mol. The van der Waals surface area contributed by atoms with Crippen molar-refractivity contribution < 1.29 is 4.39 Å². The zero-order chi connectivity index (χ0) is 5.28. The Morgan fingerprint density at radius 3 is 2.43 bits per heavy atom. The second kappa shape index (κ2) is 1.78. The number of hydrogen-bond acceptors (Lipinski definition) is 1. The van der Waals surface area contributed by atoms with Crippen LogP contribution in [0.4, 0.5) is 4.39 Å². The molecule has 0 bridgehead atoms. The minimum absolute atomic E-state index is 0.236. The van der Waals surface area contributed by atoms with Crippen molar-refractivity contribution in [2.75, 3.05) is 13.1 Å². The van der Waals surface area contributed by atoms with Gasteiger partial charge in [-0.3, -0.25) is 0 Å². The monoisotopic (exact) mass is 103 g/mol. The van der Waals surface area contributed by atoms with Crippen LogP contribution in [0, 0.1) is 5.92 Å². The summed E-state index contributed by atoms with van der Waals surface area (Å²) in [6, 6.07) is 0. The van der Waals surface area contributed by atoms with Crippen LogP contribution in [0.1, 0.15) is 6.92 Å². The third-order valence-electron chi connectivity index (χ3n) is 1.42. The largest absolute Gasteiger partial charge is 0.313 e. The predicted octanol–water partition coefficient (Wildman–Crippen LogP) is 0.564. The molecular weight excluding hydrogens is 93.1 g/mol. The van der Waals surface area contributed by atoms with Crippen LogP contribution in [0.15, 0.2) is 0 Å². The molecule has 1 fully saturated rings. The van der Waals surface area contributed by atoms with Crippen LogP contribution in [0.5, 0.6) is 0 Å². The summed E-state index contributed by atoms with van der Waals surface area (Å²) < 4.78 is 12.3. The van der Waals surface area contributed by atoms with Gasteiger partial charge in [-0.25, -0.2) is 4.39 Å². The third kappa shape index (κ3) is 0.911. The van der Waals surface area contributed by atoms with Crippen molar-refractivity contribution >= 4 is 0 Å². The first kappa shape index (κ1) is 5.04. The molecule has 7 heavy (non-hydrogen) atoms. The molecule has 42 valence electrons. The Balaban J connectivity index is 2.33. The highest BCUT2D eigenvalue weighted by atomic mass is 19.1. The van der Waals surface area contributed by atoms with E-state index in [2.05, 4.69) is 5.32 Å².